The maximum absolute atomic E-state index is 11.2. The zero-order chi connectivity index (χ0) is 14.7. The molecule has 6 atom stereocenters. The Morgan fingerprint density at radius 3 is 2.70 bits per heavy atom. The average molecular weight is 282 g/mol. The quantitative estimate of drug-likeness (QED) is 0.802. The lowest BCUT2D eigenvalue weighted by Crippen LogP contribution is -2.32. The van der Waals surface area contributed by atoms with Gasteiger partial charge in [-0.05, 0) is 68.6 Å². The second kappa shape index (κ2) is 6.93. The van der Waals surface area contributed by atoms with Crippen LogP contribution in [0.5, 0.6) is 0 Å². The number of aliphatic hydroxyl groups excluding tert-OH is 1. The molecule has 1 N–H and O–H groups in total. The third-order valence-corrected chi connectivity index (χ3v) is 5.58. The highest BCUT2D eigenvalue weighted by Crippen LogP contribution is 2.40. The molecule has 2 rings (SSSR count). The number of carbonyl (C=O) groups is 1. The van der Waals surface area contributed by atoms with Crippen molar-refractivity contribution in [3.8, 4) is 0 Å². The Labute approximate surface area is 123 Å². The van der Waals surface area contributed by atoms with Crippen molar-refractivity contribution in [3.05, 3.63) is 0 Å². The van der Waals surface area contributed by atoms with Crippen LogP contribution in [0.25, 0.3) is 0 Å². The maximum atomic E-state index is 11.2. The molecule has 0 radical (unpaired) electrons. The molecule has 0 heterocycles. The summed E-state index contributed by atoms with van der Waals surface area (Å²) in [6.07, 6.45) is 7.90. The summed E-state index contributed by atoms with van der Waals surface area (Å²) in [6, 6.07) is 0. The molecule has 0 aromatic heterocycles. The lowest BCUT2D eigenvalue weighted by Gasteiger charge is -2.36. The molecule has 2 aliphatic carbocycles. The van der Waals surface area contributed by atoms with E-state index in [9.17, 15) is 9.90 Å². The Morgan fingerprint density at radius 2 is 2.05 bits per heavy atom. The molecule has 0 aliphatic heterocycles. The van der Waals surface area contributed by atoms with Gasteiger partial charge in [0.25, 0.3) is 0 Å². The highest BCUT2D eigenvalue weighted by Gasteiger charge is 2.35. The fraction of sp³-hybridized carbons (Fsp3) is 0.941. The van der Waals surface area contributed by atoms with Crippen LogP contribution in [0.3, 0.4) is 0 Å². The molecule has 0 aromatic carbocycles. The summed E-state index contributed by atoms with van der Waals surface area (Å²) in [4.78, 5) is 11.2. The number of ether oxygens (including phenoxy) is 1. The van der Waals surface area contributed by atoms with Crippen LogP contribution in [-0.2, 0) is 9.53 Å². The SMILES string of the molecule is CC(=O)OC1CCCC1CC(C)[C@H]1CC[C@H](C)[C@@H](O)C1. The summed E-state index contributed by atoms with van der Waals surface area (Å²) in [6.45, 7) is 5.98. The van der Waals surface area contributed by atoms with Crippen molar-refractivity contribution >= 4 is 5.97 Å². The molecule has 116 valence electrons. The van der Waals surface area contributed by atoms with E-state index < -0.39 is 0 Å². The zero-order valence-electron chi connectivity index (χ0n) is 13.2. The summed E-state index contributed by atoms with van der Waals surface area (Å²) < 4.78 is 5.46. The summed E-state index contributed by atoms with van der Waals surface area (Å²) in [5.74, 6) is 2.11. The van der Waals surface area contributed by atoms with E-state index in [-0.39, 0.29) is 18.2 Å². The van der Waals surface area contributed by atoms with Crippen LogP contribution in [0.1, 0.15) is 65.7 Å². The third-order valence-electron chi connectivity index (χ3n) is 5.58. The predicted molar refractivity (Wildman–Crippen MR) is 79.2 cm³/mol. The lowest BCUT2D eigenvalue weighted by atomic mass is 9.73. The monoisotopic (exact) mass is 282 g/mol. The van der Waals surface area contributed by atoms with Gasteiger partial charge in [-0.1, -0.05) is 13.8 Å². The molecule has 3 heteroatoms. The van der Waals surface area contributed by atoms with Crippen LogP contribution in [0.4, 0.5) is 0 Å². The van der Waals surface area contributed by atoms with Gasteiger partial charge in [0.05, 0.1) is 6.10 Å². The zero-order valence-corrected chi connectivity index (χ0v) is 13.2. The largest absolute Gasteiger partial charge is 0.462 e. The fourth-order valence-electron chi connectivity index (χ4n) is 4.16. The molecular weight excluding hydrogens is 252 g/mol. The van der Waals surface area contributed by atoms with Gasteiger partial charge in [0.15, 0.2) is 0 Å². The van der Waals surface area contributed by atoms with E-state index in [0.29, 0.717) is 23.7 Å². The van der Waals surface area contributed by atoms with Gasteiger partial charge >= 0.3 is 5.97 Å². The van der Waals surface area contributed by atoms with Crippen LogP contribution >= 0.6 is 0 Å². The molecule has 0 spiro atoms. The fourth-order valence-corrected chi connectivity index (χ4v) is 4.16. The Balaban J connectivity index is 1.84. The normalized spacial score (nSPS) is 39.5. The van der Waals surface area contributed by atoms with E-state index in [4.69, 9.17) is 4.74 Å². The molecule has 0 saturated heterocycles. The summed E-state index contributed by atoms with van der Waals surface area (Å²) in [7, 11) is 0. The van der Waals surface area contributed by atoms with E-state index in [0.717, 1.165) is 25.7 Å². The topological polar surface area (TPSA) is 46.5 Å². The Kier molecular flexibility index (Phi) is 5.48. The van der Waals surface area contributed by atoms with Gasteiger partial charge < -0.3 is 9.84 Å². The summed E-state index contributed by atoms with van der Waals surface area (Å²) >= 11 is 0. The van der Waals surface area contributed by atoms with Crippen molar-refractivity contribution in [2.24, 2.45) is 23.7 Å². The summed E-state index contributed by atoms with van der Waals surface area (Å²) in [5, 5.41) is 10.1. The Bertz CT molecular complexity index is 328. The molecule has 3 unspecified atom stereocenters. The number of aliphatic hydroxyl groups is 1. The second-order valence-electron chi connectivity index (χ2n) is 7.17. The second-order valence-corrected chi connectivity index (χ2v) is 7.17. The van der Waals surface area contributed by atoms with Crippen molar-refractivity contribution in [1.82, 2.24) is 0 Å². The number of esters is 1. The third kappa shape index (κ3) is 3.97. The number of hydrogen-bond donors (Lipinski definition) is 1. The first kappa shape index (κ1) is 15.8. The molecule has 2 saturated carbocycles. The van der Waals surface area contributed by atoms with E-state index in [1.54, 1.807) is 0 Å². The van der Waals surface area contributed by atoms with Crippen LogP contribution in [-0.4, -0.2) is 23.3 Å². The molecule has 20 heavy (non-hydrogen) atoms. The lowest BCUT2D eigenvalue weighted by molar-refractivity contribution is -0.148. The minimum absolute atomic E-state index is 0.121. The first-order chi connectivity index (χ1) is 9.47. The Hall–Kier alpha value is -0.570. The molecule has 0 amide bonds. The van der Waals surface area contributed by atoms with E-state index in [2.05, 4.69) is 13.8 Å². The number of hydrogen-bond acceptors (Lipinski definition) is 3. The minimum Gasteiger partial charge on any atom is -0.462 e. The van der Waals surface area contributed by atoms with Gasteiger partial charge in [0, 0.05) is 6.92 Å². The van der Waals surface area contributed by atoms with Crippen molar-refractivity contribution in [2.75, 3.05) is 0 Å². The summed E-state index contributed by atoms with van der Waals surface area (Å²) in [5.41, 5.74) is 0. The van der Waals surface area contributed by atoms with Gasteiger partial charge in [0.1, 0.15) is 6.10 Å². The van der Waals surface area contributed by atoms with Gasteiger partial charge in [-0.25, -0.2) is 0 Å². The molecule has 0 aromatic rings. The van der Waals surface area contributed by atoms with Crippen LogP contribution in [0, 0.1) is 23.7 Å². The first-order valence-corrected chi connectivity index (χ1v) is 8.32. The van der Waals surface area contributed by atoms with Crippen LogP contribution in [0.15, 0.2) is 0 Å². The predicted octanol–water partition coefficient (Wildman–Crippen LogP) is 3.54. The van der Waals surface area contributed by atoms with Crippen molar-refractivity contribution in [3.63, 3.8) is 0 Å². The molecular formula is C17H30O3. The molecule has 2 fully saturated rings. The van der Waals surface area contributed by atoms with Crippen molar-refractivity contribution in [1.29, 1.82) is 0 Å². The average Bonchev–Trinajstić information content (AvgIpc) is 2.79. The van der Waals surface area contributed by atoms with Gasteiger partial charge in [-0.2, -0.15) is 0 Å². The number of rotatable bonds is 4. The smallest absolute Gasteiger partial charge is 0.302 e. The van der Waals surface area contributed by atoms with Crippen molar-refractivity contribution < 1.29 is 14.6 Å². The minimum atomic E-state index is -0.142. The van der Waals surface area contributed by atoms with Crippen molar-refractivity contribution in [2.45, 2.75) is 77.9 Å². The maximum Gasteiger partial charge on any atom is 0.302 e. The van der Waals surface area contributed by atoms with Gasteiger partial charge in [0.2, 0.25) is 0 Å². The first-order valence-electron chi connectivity index (χ1n) is 8.32. The van der Waals surface area contributed by atoms with E-state index in [1.807, 2.05) is 0 Å². The van der Waals surface area contributed by atoms with E-state index >= 15 is 0 Å². The molecule has 2 aliphatic rings. The Morgan fingerprint density at radius 1 is 1.30 bits per heavy atom. The van der Waals surface area contributed by atoms with Gasteiger partial charge in [-0.15, -0.1) is 0 Å². The standard InChI is InChI=1S/C17H30O3/c1-11-7-8-14(10-16(11)19)12(2)9-15-5-4-6-17(15)20-13(3)18/h11-12,14-17,19H,4-10H2,1-3H3/t11-,12?,14-,15?,16-,17?/m0/s1. The number of carbonyl (C=O) groups excluding carboxylic acids is 1. The molecule has 3 nitrogen and oxygen atoms in total. The van der Waals surface area contributed by atoms with Gasteiger partial charge in [-0.3, -0.25) is 4.79 Å². The highest BCUT2D eigenvalue weighted by atomic mass is 16.5. The van der Waals surface area contributed by atoms with E-state index in [1.165, 1.54) is 26.2 Å². The van der Waals surface area contributed by atoms with Crippen LogP contribution in [0.2, 0.25) is 0 Å². The highest BCUT2D eigenvalue weighted by molar-refractivity contribution is 5.66. The molecule has 0 bridgehead atoms. The van der Waals surface area contributed by atoms with Crippen LogP contribution < -0.4 is 0 Å².